The lowest BCUT2D eigenvalue weighted by Crippen LogP contribution is -2.16. The van der Waals surface area contributed by atoms with Crippen LogP contribution in [0, 0.1) is 0 Å². The molecule has 1 atom stereocenters. The molecule has 21 heavy (non-hydrogen) atoms. The van der Waals surface area contributed by atoms with Crippen LogP contribution in [0.2, 0.25) is 0 Å². The van der Waals surface area contributed by atoms with E-state index in [1.807, 2.05) is 13.0 Å². The largest absolute Gasteiger partial charge is 0.464 e. The predicted molar refractivity (Wildman–Crippen MR) is 84.4 cm³/mol. The summed E-state index contributed by atoms with van der Waals surface area (Å²) in [6.07, 6.45) is 2.04. The molecule has 0 spiro atoms. The molecule has 0 bridgehead atoms. The van der Waals surface area contributed by atoms with Gasteiger partial charge in [0.25, 0.3) is 0 Å². The summed E-state index contributed by atoms with van der Waals surface area (Å²) in [5.74, 6) is 6.11. The number of nitrogens with two attached hydrogens (primary N) is 1. The quantitative estimate of drug-likeness (QED) is 0.509. The van der Waals surface area contributed by atoms with Gasteiger partial charge in [0.15, 0.2) is 0 Å². The van der Waals surface area contributed by atoms with E-state index in [1.165, 1.54) is 4.88 Å². The molecule has 0 fully saturated rings. The minimum absolute atomic E-state index is 0.164. The molecule has 2 heterocycles. The molecule has 4 N–H and O–H groups in total. The van der Waals surface area contributed by atoms with Crippen molar-refractivity contribution in [1.82, 2.24) is 15.0 Å². The van der Waals surface area contributed by atoms with Gasteiger partial charge in [0.2, 0.25) is 11.9 Å². The maximum absolute atomic E-state index is 5.38. The zero-order valence-corrected chi connectivity index (χ0v) is 13.0. The minimum Gasteiger partial charge on any atom is -0.464 e. The highest BCUT2D eigenvalue weighted by molar-refractivity contribution is 7.10. The van der Waals surface area contributed by atoms with Crippen LogP contribution in [0.5, 0.6) is 6.01 Å². The Hall–Kier alpha value is -1.93. The fraction of sp³-hybridized carbons (Fsp3) is 0.462. The summed E-state index contributed by atoms with van der Waals surface area (Å²) in [5.41, 5.74) is 2.43. The van der Waals surface area contributed by atoms with Crippen molar-refractivity contribution < 1.29 is 4.74 Å². The number of nitrogens with zero attached hydrogens (tertiary/aromatic N) is 3. The summed E-state index contributed by atoms with van der Waals surface area (Å²) in [4.78, 5) is 13.8. The van der Waals surface area contributed by atoms with Gasteiger partial charge in [0.05, 0.1) is 12.6 Å². The number of hydrogen-bond acceptors (Lipinski definition) is 8. The molecule has 2 aromatic rings. The number of thiophene rings is 1. The van der Waals surface area contributed by atoms with E-state index in [9.17, 15) is 0 Å². The summed E-state index contributed by atoms with van der Waals surface area (Å²) in [7, 11) is 0. The van der Waals surface area contributed by atoms with Crippen molar-refractivity contribution in [3.05, 3.63) is 22.4 Å². The van der Waals surface area contributed by atoms with Gasteiger partial charge in [0, 0.05) is 4.88 Å². The lowest BCUT2D eigenvalue weighted by molar-refractivity contribution is 0.312. The van der Waals surface area contributed by atoms with Gasteiger partial charge < -0.3 is 10.1 Å². The Morgan fingerprint density at radius 3 is 2.71 bits per heavy atom. The van der Waals surface area contributed by atoms with Crippen LogP contribution in [0.25, 0.3) is 0 Å². The van der Waals surface area contributed by atoms with Crippen LogP contribution in [0.15, 0.2) is 17.5 Å². The third kappa shape index (κ3) is 4.27. The molecular formula is C13H20N6OS. The van der Waals surface area contributed by atoms with Crippen molar-refractivity contribution in [1.29, 1.82) is 0 Å². The third-order valence-corrected chi connectivity index (χ3v) is 3.77. The lowest BCUT2D eigenvalue weighted by Gasteiger charge is -2.17. The zero-order chi connectivity index (χ0) is 15.1. The van der Waals surface area contributed by atoms with E-state index < -0.39 is 0 Å². The SMILES string of the molecule is CCCC(Nc1nc(NN)nc(OCC)n1)c1cccs1. The molecule has 0 aromatic carbocycles. The summed E-state index contributed by atoms with van der Waals surface area (Å²) in [6.45, 7) is 4.50. The Labute approximate surface area is 128 Å². The fourth-order valence-electron chi connectivity index (χ4n) is 1.90. The molecule has 0 aliphatic carbocycles. The van der Waals surface area contributed by atoms with E-state index >= 15 is 0 Å². The highest BCUT2D eigenvalue weighted by Gasteiger charge is 2.15. The van der Waals surface area contributed by atoms with Gasteiger partial charge in [-0.3, -0.25) is 5.43 Å². The molecule has 8 heteroatoms. The van der Waals surface area contributed by atoms with Crippen molar-refractivity contribution in [2.45, 2.75) is 32.7 Å². The number of aromatic nitrogens is 3. The number of rotatable bonds is 8. The van der Waals surface area contributed by atoms with Crippen molar-refractivity contribution in [2.24, 2.45) is 5.84 Å². The summed E-state index contributed by atoms with van der Waals surface area (Å²) in [6, 6.07) is 4.56. The maximum Gasteiger partial charge on any atom is 0.323 e. The number of nitrogens with one attached hydrogen (secondary N) is 2. The first-order chi connectivity index (χ1) is 10.3. The first-order valence-corrected chi connectivity index (χ1v) is 7.80. The van der Waals surface area contributed by atoms with Gasteiger partial charge in [-0.2, -0.15) is 15.0 Å². The third-order valence-electron chi connectivity index (χ3n) is 2.78. The summed E-state index contributed by atoms with van der Waals surface area (Å²) < 4.78 is 5.33. The minimum atomic E-state index is 0.164. The second kappa shape index (κ2) is 7.75. The van der Waals surface area contributed by atoms with Gasteiger partial charge >= 0.3 is 6.01 Å². The average Bonchev–Trinajstić information content (AvgIpc) is 3.01. The average molecular weight is 308 g/mol. The van der Waals surface area contributed by atoms with Crippen molar-refractivity contribution in [3.8, 4) is 6.01 Å². The molecule has 0 saturated heterocycles. The fourth-order valence-corrected chi connectivity index (χ4v) is 2.71. The number of ether oxygens (including phenoxy) is 1. The number of hydrogen-bond donors (Lipinski definition) is 3. The maximum atomic E-state index is 5.38. The van der Waals surface area contributed by atoms with Gasteiger partial charge in [-0.1, -0.05) is 19.4 Å². The van der Waals surface area contributed by atoms with Crippen LogP contribution < -0.4 is 21.3 Å². The van der Waals surface area contributed by atoms with Gasteiger partial charge in [0.1, 0.15) is 0 Å². The van der Waals surface area contributed by atoms with Crippen LogP contribution in [0.1, 0.15) is 37.6 Å². The molecule has 0 saturated carbocycles. The standard InChI is InChI=1S/C13H20N6OS/c1-3-6-9(10-7-5-8-21-10)15-11-16-12(19-14)18-13(17-11)20-4-2/h5,7-9H,3-4,6,14H2,1-2H3,(H2,15,16,17,18,19). The van der Waals surface area contributed by atoms with E-state index in [1.54, 1.807) is 11.3 Å². The lowest BCUT2D eigenvalue weighted by atomic mass is 10.1. The molecule has 0 aliphatic rings. The van der Waals surface area contributed by atoms with Crippen LogP contribution >= 0.6 is 11.3 Å². The molecule has 2 aromatic heterocycles. The number of nitrogen functional groups attached to an aromatic ring is 1. The molecule has 1 unspecified atom stereocenters. The Bertz CT molecular complexity index is 548. The van der Waals surface area contributed by atoms with Gasteiger partial charge in [-0.25, -0.2) is 5.84 Å². The van der Waals surface area contributed by atoms with Crippen molar-refractivity contribution >= 4 is 23.2 Å². The highest BCUT2D eigenvalue weighted by Crippen LogP contribution is 2.26. The van der Waals surface area contributed by atoms with Crippen LogP contribution in [0.4, 0.5) is 11.9 Å². The Kier molecular flexibility index (Phi) is 5.70. The Morgan fingerprint density at radius 2 is 2.10 bits per heavy atom. The Morgan fingerprint density at radius 1 is 1.29 bits per heavy atom. The first-order valence-electron chi connectivity index (χ1n) is 6.92. The molecule has 0 aliphatic heterocycles. The predicted octanol–water partition coefficient (Wildman–Crippen LogP) is 2.57. The topological polar surface area (TPSA) is 98.0 Å². The smallest absolute Gasteiger partial charge is 0.323 e. The van der Waals surface area contributed by atoms with Gasteiger partial charge in [-0.05, 0) is 24.8 Å². The second-order valence-corrected chi connectivity index (χ2v) is 5.32. The highest BCUT2D eigenvalue weighted by atomic mass is 32.1. The summed E-state index contributed by atoms with van der Waals surface area (Å²) >= 11 is 1.71. The molecule has 114 valence electrons. The van der Waals surface area contributed by atoms with Gasteiger partial charge in [-0.15, -0.1) is 11.3 Å². The van der Waals surface area contributed by atoms with Crippen LogP contribution in [-0.4, -0.2) is 21.6 Å². The zero-order valence-electron chi connectivity index (χ0n) is 12.2. The monoisotopic (exact) mass is 308 g/mol. The molecular weight excluding hydrogens is 288 g/mol. The molecule has 0 radical (unpaired) electrons. The van der Waals surface area contributed by atoms with E-state index in [4.69, 9.17) is 10.6 Å². The molecule has 7 nitrogen and oxygen atoms in total. The molecule has 0 amide bonds. The molecule has 2 rings (SSSR count). The van der Waals surface area contributed by atoms with E-state index in [2.05, 4.69) is 44.1 Å². The van der Waals surface area contributed by atoms with Crippen molar-refractivity contribution in [3.63, 3.8) is 0 Å². The van der Waals surface area contributed by atoms with E-state index in [-0.39, 0.29) is 18.0 Å². The summed E-state index contributed by atoms with van der Waals surface area (Å²) in [5, 5.41) is 5.39. The van der Waals surface area contributed by atoms with Crippen molar-refractivity contribution in [2.75, 3.05) is 17.3 Å². The van der Waals surface area contributed by atoms with Crippen LogP contribution in [-0.2, 0) is 0 Å². The Balaban J connectivity index is 2.21. The first kappa shape index (κ1) is 15.5. The van der Waals surface area contributed by atoms with E-state index in [0.29, 0.717) is 12.6 Å². The van der Waals surface area contributed by atoms with E-state index in [0.717, 1.165) is 12.8 Å². The normalized spacial score (nSPS) is 12.0. The number of hydrazine groups is 1. The number of anilines is 2. The van der Waals surface area contributed by atoms with Crippen LogP contribution in [0.3, 0.4) is 0 Å². The second-order valence-electron chi connectivity index (χ2n) is 4.34.